The molecular weight excluding hydrogens is 514 g/mol. The number of rotatable bonds is 5. The van der Waals surface area contributed by atoms with Gasteiger partial charge in [0.05, 0.1) is 16.9 Å². The maximum absolute atomic E-state index is 12.7. The van der Waals surface area contributed by atoms with Crippen LogP contribution in [0.4, 0.5) is 5.69 Å². The largest absolute Gasteiger partial charge is 0.505 e. The van der Waals surface area contributed by atoms with E-state index in [1.54, 1.807) is 43.4 Å². The number of ether oxygens (including phenoxy) is 2. The van der Waals surface area contributed by atoms with E-state index in [0.29, 0.717) is 33.7 Å². The van der Waals surface area contributed by atoms with Crippen LogP contribution in [0.2, 0.25) is 0 Å². The van der Waals surface area contributed by atoms with Crippen molar-refractivity contribution in [1.29, 1.82) is 5.26 Å². The smallest absolute Gasteiger partial charge is 0.403 e. The molecule has 1 aliphatic carbocycles. The maximum Gasteiger partial charge on any atom is 0.505 e. The van der Waals surface area contributed by atoms with Crippen molar-refractivity contribution in [3.63, 3.8) is 0 Å². The first kappa shape index (κ1) is 27.4. The van der Waals surface area contributed by atoms with Crippen LogP contribution in [0, 0.1) is 17.2 Å². The molecule has 3 heterocycles. The quantitative estimate of drug-likeness (QED) is 0.279. The molecule has 1 saturated carbocycles. The monoisotopic (exact) mass is 547 g/mol. The van der Waals surface area contributed by atoms with Crippen LogP contribution in [0.1, 0.15) is 57.7 Å². The number of hydrogen-bond donors (Lipinski definition) is 2. The summed E-state index contributed by atoms with van der Waals surface area (Å²) in [5.74, 6) is 0.410. The van der Waals surface area contributed by atoms with Crippen molar-refractivity contribution in [1.82, 2.24) is 9.55 Å². The highest BCUT2D eigenvalue weighted by Crippen LogP contribution is 2.43. The van der Waals surface area contributed by atoms with Crippen molar-refractivity contribution in [2.24, 2.45) is 18.1 Å². The predicted octanol–water partition coefficient (Wildman–Crippen LogP) is 3.39. The fourth-order valence-electron chi connectivity index (χ4n) is 5.31. The summed E-state index contributed by atoms with van der Waals surface area (Å²) in [5.41, 5.74) is 2.80. The minimum Gasteiger partial charge on any atom is -0.403 e. The first-order valence-corrected chi connectivity index (χ1v) is 13.2. The summed E-state index contributed by atoms with van der Waals surface area (Å²) in [5, 5.41) is 33.8. The molecule has 1 fully saturated rings. The van der Waals surface area contributed by atoms with Gasteiger partial charge in [-0.3, -0.25) is 15.0 Å². The number of anilines is 1. The average Bonchev–Trinajstić information content (AvgIpc) is 3.24. The number of nitrogens with zero attached hydrogens (tertiary/aromatic N) is 5. The first-order chi connectivity index (χ1) is 18.9. The van der Waals surface area contributed by atoms with Gasteiger partial charge in [-0.15, -0.1) is 0 Å². The molecular formula is C29H33N5O6. The molecule has 0 amide bonds. The highest BCUT2D eigenvalue weighted by Gasteiger charge is 2.41. The van der Waals surface area contributed by atoms with Gasteiger partial charge in [-0.1, -0.05) is 11.2 Å². The zero-order valence-corrected chi connectivity index (χ0v) is 23.2. The van der Waals surface area contributed by atoms with Crippen LogP contribution in [0.5, 0.6) is 11.5 Å². The summed E-state index contributed by atoms with van der Waals surface area (Å²) in [6.45, 7) is 5.71. The molecule has 0 bridgehead atoms. The molecule has 0 radical (unpaired) electrons. The number of para-hydroxylation sites is 1. The van der Waals surface area contributed by atoms with E-state index in [1.807, 2.05) is 27.8 Å². The van der Waals surface area contributed by atoms with E-state index in [9.17, 15) is 20.3 Å². The van der Waals surface area contributed by atoms with Gasteiger partial charge in [0.15, 0.2) is 11.5 Å². The lowest BCUT2D eigenvalue weighted by Gasteiger charge is -2.36. The number of nitriles is 1. The lowest BCUT2D eigenvalue weighted by atomic mass is 9.80. The average molecular weight is 548 g/mol. The summed E-state index contributed by atoms with van der Waals surface area (Å²) >= 11 is 0. The standard InChI is InChI=1S/C29H33N5O6/c1-28(2,3)40-32-25(20-7-6-8-23-27(20)39-29(36,37)38-23)17-9-12-19(13-10-17)33(4)22-15-24(35)34(5)21-14-11-18(16-30)31-26(21)22/h6-8,11,14-15,17,19,36-37H,9-10,12-13H2,1-5H3/b32-25+. The fourth-order valence-corrected chi connectivity index (χ4v) is 5.31. The van der Waals surface area contributed by atoms with Crippen molar-refractivity contribution in [2.75, 3.05) is 11.9 Å². The number of aromatic nitrogens is 2. The molecule has 5 rings (SSSR count). The van der Waals surface area contributed by atoms with E-state index in [0.717, 1.165) is 25.7 Å². The minimum atomic E-state index is -2.75. The van der Waals surface area contributed by atoms with E-state index in [2.05, 4.69) is 21.1 Å². The summed E-state index contributed by atoms with van der Waals surface area (Å²) in [6, 6.07) is 12.3. The highest BCUT2D eigenvalue weighted by molar-refractivity contribution is 6.05. The van der Waals surface area contributed by atoms with Crippen LogP contribution < -0.4 is 19.9 Å². The second-order valence-electron chi connectivity index (χ2n) is 11.3. The number of pyridine rings is 2. The Kier molecular flexibility index (Phi) is 6.94. The van der Waals surface area contributed by atoms with Crippen LogP contribution in [0.25, 0.3) is 11.0 Å². The zero-order chi connectivity index (χ0) is 28.8. The number of aryl methyl sites for hydroxylation is 1. The summed E-state index contributed by atoms with van der Waals surface area (Å²) in [4.78, 5) is 25.2. The van der Waals surface area contributed by atoms with Crippen molar-refractivity contribution < 1.29 is 24.5 Å². The van der Waals surface area contributed by atoms with Gasteiger partial charge in [0.25, 0.3) is 5.56 Å². The Labute approximate surface area is 231 Å². The molecule has 11 nitrogen and oxygen atoms in total. The summed E-state index contributed by atoms with van der Waals surface area (Å²) in [6.07, 6.45) is 0.356. The predicted molar refractivity (Wildman–Crippen MR) is 148 cm³/mol. The third-order valence-electron chi connectivity index (χ3n) is 7.34. The van der Waals surface area contributed by atoms with Gasteiger partial charge in [0, 0.05) is 37.7 Å². The highest BCUT2D eigenvalue weighted by atomic mass is 17.0. The van der Waals surface area contributed by atoms with Gasteiger partial charge in [-0.2, -0.15) is 5.26 Å². The molecule has 0 unspecified atom stereocenters. The van der Waals surface area contributed by atoms with E-state index in [4.69, 9.17) is 14.3 Å². The molecule has 11 heteroatoms. The van der Waals surface area contributed by atoms with Crippen LogP contribution in [-0.2, 0) is 11.9 Å². The Morgan fingerprint density at radius 1 is 1.20 bits per heavy atom. The molecule has 1 aromatic carbocycles. The van der Waals surface area contributed by atoms with Gasteiger partial charge < -0.3 is 23.8 Å². The normalized spacial score (nSPS) is 20.3. The molecule has 0 spiro atoms. The molecule has 40 heavy (non-hydrogen) atoms. The zero-order valence-electron chi connectivity index (χ0n) is 23.2. The number of benzene rings is 1. The lowest BCUT2D eigenvalue weighted by Crippen LogP contribution is -2.38. The Hall–Kier alpha value is -4.14. The van der Waals surface area contributed by atoms with Crippen molar-refractivity contribution >= 4 is 22.4 Å². The molecule has 210 valence electrons. The van der Waals surface area contributed by atoms with Gasteiger partial charge in [-0.05, 0) is 70.7 Å². The number of oxime groups is 1. The molecule has 0 saturated heterocycles. The van der Waals surface area contributed by atoms with Crippen LogP contribution in [0.15, 0.2) is 46.3 Å². The van der Waals surface area contributed by atoms with Crippen molar-refractivity contribution in [3.05, 3.63) is 58.0 Å². The van der Waals surface area contributed by atoms with E-state index >= 15 is 0 Å². The maximum atomic E-state index is 12.7. The number of fused-ring (bicyclic) bond motifs is 2. The Bertz CT molecular complexity index is 1570. The van der Waals surface area contributed by atoms with Crippen LogP contribution in [-0.4, -0.2) is 50.3 Å². The molecule has 3 aromatic rings. The molecule has 2 aliphatic rings. The Morgan fingerprint density at radius 3 is 2.60 bits per heavy atom. The molecule has 1 aliphatic heterocycles. The molecule has 2 N–H and O–H groups in total. The minimum absolute atomic E-state index is 0.00168. The molecule has 2 aromatic heterocycles. The van der Waals surface area contributed by atoms with Crippen LogP contribution in [0.3, 0.4) is 0 Å². The number of hydrogen-bond acceptors (Lipinski definition) is 10. The van der Waals surface area contributed by atoms with E-state index < -0.39 is 11.8 Å². The van der Waals surface area contributed by atoms with Gasteiger partial charge in [0.1, 0.15) is 22.9 Å². The second-order valence-corrected chi connectivity index (χ2v) is 11.3. The van der Waals surface area contributed by atoms with Crippen molar-refractivity contribution in [2.45, 2.75) is 64.3 Å². The summed E-state index contributed by atoms with van der Waals surface area (Å²) in [7, 11) is 3.65. The van der Waals surface area contributed by atoms with Gasteiger partial charge in [-0.25, -0.2) is 4.98 Å². The fraction of sp³-hybridized carbons (Fsp3) is 0.448. The lowest BCUT2D eigenvalue weighted by molar-refractivity contribution is -0.385. The topological polar surface area (TPSA) is 142 Å². The van der Waals surface area contributed by atoms with Gasteiger partial charge in [0.2, 0.25) is 0 Å². The van der Waals surface area contributed by atoms with Crippen molar-refractivity contribution in [3.8, 4) is 17.6 Å². The van der Waals surface area contributed by atoms with E-state index in [1.165, 1.54) is 4.57 Å². The third-order valence-corrected chi connectivity index (χ3v) is 7.34. The van der Waals surface area contributed by atoms with E-state index in [-0.39, 0.29) is 29.0 Å². The Morgan fingerprint density at radius 2 is 1.93 bits per heavy atom. The third kappa shape index (κ3) is 5.33. The summed E-state index contributed by atoms with van der Waals surface area (Å²) < 4.78 is 12.0. The molecule has 0 atom stereocenters. The second kappa shape index (κ2) is 10.1. The van der Waals surface area contributed by atoms with Crippen LogP contribution >= 0.6 is 0 Å². The first-order valence-electron chi connectivity index (χ1n) is 13.2. The SMILES string of the molecule is CN(c1cc(=O)n(C)c2ccc(C#N)nc12)C1CCC(/C(=N\OC(C)(C)C)c2cccc3c2OC(O)(O)O3)CC1. The van der Waals surface area contributed by atoms with Gasteiger partial charge >= 0.3 is 6.16 Å². The Balaban J connectivity index is 1.43. The number of aliphatic hydroxyl groups is 2.